The molecule has 1 atom stereocenters. The summed E-state index contributed by atoms with van der Waals surface area (Å²) in [4.78, 5) is 2.18. The molecule has 0 amide bonds. The van der Waals surface area contributed by atoms with Crippen LogP contribution in [0.2, 0.25) is 0 Å². The van der Waals surface area contributed by atoms with Gasteiger partial charge in [0.1, 0.15) is 0 Å². The first kappa shape index (κ1) is 13.6. The molecule has 5 heteroatoms. The van der Waals surface area contributed by atoms with Crippen LogP contribution in [0.4, 0.5) is 5.82 Å². The van der Waals surface area contributed by atoms with Gasteiger partial charge in [0, 0.05) is 31.4 Å². The third-order valence-corrected chi connectivity index (χ3v) is 4.10. The number of hydrogen-bond donors (Lipinski definition) is 1. The van der Waals surface area contributed by atoms with E-state index in [1.54, 1.807) is 0 Å². The molecule has 1 aromatic rings. The maximum atomic E-state index is 4.31. The lowest BCUT2D eigenvalue weighted by Crippen LogP contribution is -2.31. The molecule has 1 unspecified atom stereocenters. The van der Waals surface area contributed by atoms with Gasteiger partial charge in [0.15, 0.2) is 5.82 Å². The van der Waals surface area contributed by atoms with E-state index in [4.69, 9.17) is 0 Å². The van der Waals surface area contributed by atoms with Gasteiger partial charge in [0.25, 0.3) is 0 Å². The van der Waals surface area contributed by atoms with Crippen molar-refractivity contribution in [2.75, 3.05) is 24.0 Å². The molecule has 1 saturated carbocycles. The van der Waals surface area contributed by atoms with Gasteiger partial charge in [-0.25, -0.2) is 0 Å². The van der Waals surface area contributed by atoms with Crippen LogP contribution in [0.5, 0.6) is 0 Å². The van der Waals surface area contributed by atoms with Crippen molar-refractivity contribution >= 4 is 17.6 Å². The average Bonchev–Trinajstić information content (AvgIpc) is 3.20. The molecule has 0 radical (unpaired) electrons. The molecule has 2 rings (SSSR count). The van der Waals surface area contributed by atoms with Gasteiger partial charge in [-0.2, -0.15) is 16.9 Å². The minimum absolute atomic E-state index is 0.477. The first-order valence-electron chi connectivity index (χ1n) is 6.48. The van der Waals surface area contributed by atoms with E-state index in [2.05, 4.69) is 52.8 Å². The van der Waals surface area contributed by atoms with Crippen LogP contribution in [0.1, 0.15) is 25.5 Å². The highest BCUT2D eigenvalue weighted by molar-refractivity contribution is 7.98. The average molecular weight is 266 g/mol. The molecule has 4 nitrogen and oxygen atoms in total. The summed E-state index contributed by atoms with van der Waals surface area (Å²) in [5.41, 5.74) is 1.02. The molecule has 0 spiro atoms. The third-order valence-electron chi connectivity index (χ3n) is 3.29. The first-order valence-corrected chi connectivity index (χ1v) is 7.88. The molecule has 1 aliphatic carbocycles. The fourth-order valence-electron chi connectivity index (χ4n) is 1.75. The molecular weight excluding hydrogens is 244 g/mol. The van der Waals surface area contributed by atoms with Crippen LogP contribution in [-0.2, 0) is 6.54 Å². The summed E-state index contributed by atoms with van der Waals surface area (Å²) in [7, 11) is 2.08. The van der Waals surface area contributed by atoms with Crippen LogP contribution in [0, 0.1) is 0 Å². The van der Waals surface area contributed by atoms with E-state index in [9.17, 15) is 0 Å². The molecule has 1 heterocycles. The van der Waals surface area contributed by atoms with Gasteiger partial charge < -0.3 is 10.2 Å². The maximum Gasteiger partial charge on any atom is 0.151 e. The van der Waals surface area contributed by atoms with Crippen molar-refractivity contribution in [2.24, 2.45) is 0 Å². The molecule has 1 N–H and O–H groups in total. The lowest BCUT2D eigenvalue weighted by Gasteiger charge is -2.24. The zero-order chi connectivity index (χ0) is 13.0. The lowest BCUT2D eigenvalue weighted by molar-refractivity contribution is 0.661. The van der Waals surface area contributed by atoms with Crippen molar-refractivity contribution in [2.45, 2.75) is 38.4 Å². The zero-order valence-electron chi connectivity index (χ0n) is 11.4. The Kier molecular flexibility index (Phi) is 4.83. The van der Waals surface area contributed by atoms with Crippen molar-refractivity contribution in [1.29, 1.82) is 0 Å². The standard InChI is InChI=1S/C13H22N4S/c1-10(9-18-3)17(2)13-7-6-12(15-16-13)8-14-11-4-5-11/h6-7,10-11,14H,4-5,8-9H2,1-3H3. The monoisotopic (exact) mass is 266 g/mol. The summed E-state index contributed by atoms with van der Waals surface area (Å²) in [6.45, 7) is 3.04. The van der Waals surface area contributed by atoms with Gasteiger partial charge in [0.05, 0.1) is 5.69 Å². The molecule has 100 valence electrons. The van der Waals surface area contributed by atoms with Crippen LogP contribution in [0.15, 0.2) is 12.1 Å². The summed E-state index contributed by atoms with van der Waals surface area (Å²) >= 11 is 1.85. The van der Waals surface area contributed by atoms with Gasteiger partial charge in [0.2, 0.25) is 0 Å². The van der Waals surface area contributed by atoms with Crippen LogP contribution < -0.4 is 10.2 Å². The van der Waals surface area contributed by atoms with E-state index >= 15 is 0 Å². The fourth-order valence-corrected chi connectivity index (χ4v) is 2.46. The van der Waals surface area contributed by atoms with Gasteiger partial charge in [-0.1, -0.05) is 0 Å². The Hall–Kier alpha value is -0.810. The van der Waals surface area contributed by atoms with Gasteiger partial charge in [-0.05, 0) is 38.2 Å². The number of hydrogen-bond acceptors (Lipinski definition) is 5. The minimum atomic E-state index is 0.477. The molecule has 1 fully saturated rings. The third kappa shape index (κ3) is 3.85. The molecule has 0 saturated heterocycles. The van der Waals surface area contributed by atoms with E-state index in [0.29, 0.717) is 6.04 Å². The summed E-state index contributed by atoms with van der Waals surface area (Å²) in [5, 5.41) is 12.0. The number of nitrogens with zero attached hydrogens (tertiary/aromatic N) is 3. The predicted molar refractivity (Wildman–Crippen MR) is 78.1 cm³/mol. The van der Waals surface area contributed by atoms with Crippen LogP contribution >= 0.6 is 11.8 Å². The van der Waals surface area contributed by atoms with Gasteiger partial charge in [-0.15, -0.1) is 5.10 Å². The van der Waals surface area contributed by atoms with Crippen LogP contribution in [0.3, 0.4) is 0 Å². The van der Waals surface area contributed by atoms with Gasteiger partial charge >= 0.3 is 0 Å². The Bertz CT molecular complexity index is 364. The molecule has 0 bridgehead atoms. The van der Waals surface area contributed by atoms with E-state index in [1.807, 2.05) is 11.8 Å². The topological polar surface area (TPSA) is 41.0 Å². The van der Waals surface area contributed by atoms with Crippen LogP contribution in [0.25, 0.3) is 0 Å². The molecule has 0 aromatic carbocycles. The molecule has 1 aliphatic rings. The number of rotatable bonds is 7. The molecule has 18 heavy (non-hydrogen) atoms. The Labute approximate surface area is 114 Å². The van der Waals surface area contributed by atoms with Crippen molar-refractivity contribution in [3.8, 4) is 0 Å². The van der Waals surface area contributed by atoms with E-state index in [1.165, 1.54) is 12.8 Å². The molecular formula is C13H22N4S. The number of anilines is 1. The summed E-state index contributed by atoms with van der Waals surface area (Å²) in [6, 6.07) is 5.33. The highest BCUT2D eigenvalue weighted by Gasteiger charge is 2.20. The summed E-state index contributed by atoms with van der Waals surface area (Å²) in [5.74, 6) is 2.05. The van der Waals surface area contributed by atoms with Crippen molar-refractivity contribution in [3.63, 3.8) is 0 Å². The molecule has 0 aliphatic heterocycles. The second-order valence-corrected chi connectivity index (χ2v) is 5.86. The van der Waals surface area contributed by atoms with Crippen molar-refractivity contribution in [1.82, 2.24) is 15.5 Å². The Morgan fingerprint density at radius 1 is 1.44 bits per heavy atom. The number of thioether (sulfide) groups is 1. The Morgan fingerprint density at radius 3 is 2.78 bits per heavy atom. The van der Waals surface area contributed by atoms with E-state index in [0.717, 1.165) is 29.9 Å². The summed E-state index contributed by atoms with van der Waals surface area (Å²) in [6.07, 6.45) is 4.74. The van der Waals surface area contributed by atoms with Crippen molar-refractivity contribution < 1.29 is 0 Å². The largest absolute Gasteiger partial charge is 0.355 e. The summed E-state index contributed by atoms with van der Waals surface area (Å²) < 4.78 is 0. The quantitative estimate of drug-likeness (QED) is 0.816. The first-order chi connectivity index (χ1) is 8.70. The fraction of sp³-hybridized carbons (Fsp3) is 0.692. The number of aromatic nitrogens is 2. The lowest BCUT2D eigenvalue weighted by atomic mass is 10.3. The number of nitrogens with one attached hydrogen (secondary N) is 1. The van der Waals surface area contributed by atoms with Crippen molar-refractivity contribution in [3.05, 3.63) is 17.8 Å². The zero-order valence-corrected chi connectivity index (χ0v) is 12.2. The SMILES string of the molecule is CSCC(C)N(C)c1ccc(CNC2CC2)nn1. The predicted octanol–water partition coefficient (Wildman–Crippen LogP) is 1.92. The second-order valence-electron chi connectivity index (χ2n) is 4.95. The molecule has 1 aromatic heterocycles. The van der Waals surface area contributed by atoms with Gasteiger partial charge in [-0.3, -0.25) is 0 Å². The second kappa shape index (κ2) is 6.38. The van der Waals surface area contributed by atoms with E-state index in [-0.39, 0.29) is 0 Å². The van der Waals surface area contributed by atoms with E-state index < -0.39 is 0 Å². The minimum Gasteiger partial charge on any atom is -0.355 e. The normalized spacial score (nSPS) is 16.6. The highest BCUT2D eigenvalue weighted by Crippen LogP contribution is 2.19. The maximum absolute atomic E-state index is 4.31. The Morgan fingerprint density at radius 2 is 2.22 bits per heavy atom. The smallest absolute Gasteiger partial charge is 0.151 e. The highest BCUT2D eigenvalue weighted by atomic mass is 32.2. The van der Waals surface area contributed by atoms with Crippen LogP contribution in [-0.4, -0.2) is 41.3 Å². The Balaban J connectivity index is 1.88.